The van der Waals surface area contributed by atoms with Gasteiger partial charge in [0, 0.05) is 12.8 Å². The molecule has 6 rings (SSSR count). The first-order valence-electron chi connectivity index (χ1n) is 11.3. The van der Waals surface area contributed by atoms with E-state index in [1.165, 1.54) is 37.7 Å². The minimum absolute atomic E-state index is 0.243. The Hall–Kier alpha value is -1.26. The van der Waals surface area contributed by atoms with Crippen molar-refractivity contribution in [2.45, 2.75) is 57.7 Å². The van der Waals surface area contributed by atoms with Gasteiger partial charge in [0.2, 0.25) is 0 Å². The standard InChI is InChI=1S/C24H32O4/c1-23-8-6-18-17-7-9-24(27-12-13-28-24)14-16(17)2-3-19(18)20(23)4-5-21(23)22-15-25-10-11-26-22/h2,5,15,17-20H,3-4,6-14H2,1H3/t17?,18-,19-,20+,23+/m1/s1. The summed E-state index contributed by atoms with van der Waals surface area (Å²) in [5.41, 5.74) is 3.30. The lowest BCUT2D eigenvalue weighted by Crippen LogP contribution is -2.47. The SMILES string of the molecule is C[C@]12CC[C@@H]3C4CCC5(CC4=CC[C@H]3[C@@H]1CC=C2C1=COCCO1)OCCO5. The molecule has 1 spiro atoms. The van der Waals surface area contributed by atoms with Crippen LogP contribution in [0.1, 0.15) is 51.9 Å². The Labute approximate surface area is 167 Å². The molecule has 3 fully saturated rings. The van der Waals surface area contributed by atoms with E-state index in [0.29, 0.717) is 13.2 Å². The van der Waals surface area contributed by atoms with Gasteiger partial charge in [-0.2, -0.15) is 0 Å². The van der Waals surface area contributed by atoms with E-state index >= 15 is 0 Å². The van der Waals surface area contributed by atoms with Crippen molar-refractivity contribution in [3.05, 3.63) is 35.3 Å². The second-order valence-corrected chi connectivity index (χ2v) is 9.89. The van der Waals surface area contributed by atoms with Crippen LogP contribution in [0.2, 0.25) is 0 Å². The molecular weight excluding hydrogens is 352 g/mol. The molecule has 2 saturated carbocycles. The fourth-order valence-corrected chi connectivity index (χ4v) is 7.45. The van der Waals surface area contributed by atoms with Crippen molar-refractivity contribution >= 4 is 0 Å². The van der Waals surface area contributed by atoms with Crippen LogP contribution in [0.5, 0.6) is 0 Å². The van der Waals surface area contributed by atoms with Crippen molar-refractivity contribution in [2.24, 2.45) is 29.1 Å². The third-order valence-corrected chi connectivity index (χ3v) is 8.76. The molecule has 2 aliphatic heterocycles. The van der Waals surface area contributed by atoms with Crippen LogP contribution in [0, 0.1) is 29.1 Å². The molecule has 0 radical (unpaired) electrons. The first-order valence-corrected chi connectivity index (χ1v) is 11.3. The van der Waals surface area contributed by atoms with Gasteiger partial charge < -0.3 is 18.9 Å². The Morgan fingerprint density at radius 1 is 0.929 bits per heavy atom. The molecule has 2 heterocycles. The number of allylic oxidation sites excluding steroid dienone is 3. The molecule has 28 heavy (non-hydrogen) atoms. The minimum atomic E-state index is -0.286. The first-order chi connectivity index (χ1) is 13.7. The summed E-state index contributed by atoms with van der Waals surface area (Å²) in [7, 11) is 0. The third-order valence-electron chi connectivity index (χ3n) is 8.76. The third kappa shape index (κ3) is 2.50. The summed E-state index contributed by atoms with van der Waals surface area (Å²) in [5.74, 6) is 3.83. The molecule has 0 aromatic heterocycles. The molecule has 0 aromatic rings. The number of hydrogen-bond donors (Lipinski definition) is 0. The van der Waals surface area contributed by atoms with E-state index in [0.717, 1.165) is 55.5 Å². The first kappa shape index (κ1) is 17.6. The van der Waals surface area contributed by atoms with Crippen LogP contribution >= 0.6 is 0 Å². The van der Waals surface area contributed by atoms with Gasteiger partial charge in [-0.15, -0.1) is 0 Å². The van der Waals surface area contributed by atoms with Gasteiger partial charge in [0.05, 0.1) is 13.2 Å². The number of rotatable bonds is 1. The lowest BCUT2D eigenvalue weighted by molar-refractivity contribution is -0.175. The van der Waals surface area contributed by atoms with Gasteiger partial charge in [-0.3, -0.25) is 0 Å². The lowest BCUT2D eigenvalue weighted by atomic mass is 9.51. The van der Waals surface area contributed by atoms with E-state index in [4.69, 9.17) is 18.9 Å². The molecule has 0 aromatic carbocycles. The molecule has 4 aliphatic carbocycles. The van der Waals surface area contributed by atoms with Gasteiger partial charge in [-0.05, 0) is 66.8 Å². The molecule has 0 bridgehead atoms. The number of ether oxygens (including phenoxy) is 4. The maximum absolute atomic E-state index is 6.03. The zero-order valence-corrected chi connectivity index (χ0v) is 17.0. The molecule has 0 N–H and O–H groups in total. The van der Waals surface area contributed by atoms with Gasteiger partial charge in [-0.25, -0.2) is 0 Å². The van der Waals surface area contributed by atoms with Crippen molar-refractivity contribution in [3.63, 3.8) is 0 Å². The summed E-state index contributed by atoms with van der Waals surface area (Å²) in [4.78, 5) is 0. The molecule has 0 amide bonds. The van der Waals surface area contributed by atoms with Gasteiger partial charge in [-0.1, -0.05) is 24.6 Å². The van der Waals surface area contributed by atoms with Gasteiger partial charge in [0.1, 0.15) is 19.5 Å². The molecule has 152 valence electrons. The molecule has 5 atom stereocenters. The van der Waals surface area contributed by atoms with E-state index in [9.17, 15) is 0 Å². The van der Waals surface area contributed by atoms with Crippen molar-refractivity contribution < 1.29 is 18.9 Å². The van der Waals surface area contributed by atoms with E-state index in [-0.39, 0.29) is 11.2 Å². The second kappa shape index (κ2) is 6.37. The van der Waals surface area contributed by atoms with E-state index in [1.807, 2.05) is 6.26 Å². The summed E-state index contributed by atoms with van der Waals surface area (Å²) >= 11 is 0. The number of fused-ring (bicyclic) bond motifs is 5. The Morgan fingerprint density at radius 2 is 1.82 bits per heavy atom. The quantitative estimate of drug-likeness (QED) is 0.613. The fourth-order valence-electron chi connectivity index (χ4n) is 7.45. The second-order valence-electron chi connectivity index (χ2n) is 9.89. The smallest absolute Gasteiger partial charge is 0.172 e. The minimum Gasteiger partial charge on any atom is -0.494 e. The summed E-state index contributed by atoms with van der Waals surface area (Å²) in [6.45, 7) is 5.36. The van der Waals surface area contributed by atoms with E-state index in [1.54, 1.807) is 5.57 Å². The fraction of sp³-hybridized carbons (Fsp3) is 0.750. The molecule has 1 saturated heterocycles. The normalized spacial score (nSPS) is 43.7. The molecule has 6 aliphatic rings. The van der Waals surface area contributed by atoms with Crippen molar-refractivity contribution in [3.8, 4) is 0 Å². The summed E-state index contributed by atoms with van der Waals surface area (Å²) in [5, 5.41) is 0. The molecule has 1 unspecified atom stereocenters. The van der Waals surface area contributed by atoms with Crippen LogP contribution in [0.3, 0.4) is 0 Å². The molecule has 4 nitrogen and oxygen atoms in total. The van der Waals surface area contributed by atoms with Crippen LogP contribution < -0.4 is 0 Å². The van der Waals surface area contributed by atoms with Gasteiger partial charge in [0.15, 0.2) is 11.5 Å². The summed E-state index contributed by atoms with van der Waals surface area (Å²) < 4.78 is 23.6. The predicted molar refractivity (Wildman–Crippen MR) is 105 cm³/mol. The summed E-state index contributed by atoms with van der Waals surface area (Å²) in [6.07, 6.45) is 15.2. The zero-order valence-electron chi connectivity index (χ0n) is 17.0. The largest absolute Gasteiger partial charge is 0.494 e. The van der Waals surface area contributed by atoms with Crippen LogP contribution in [0.4, 0.5) is 0 Å². The van der Waals surface area contributed by atoms with Gasteiger partial charge in [0.25, 0.3) is 0 Å². The van der Waals surface area contributed by atoms with Crippen LogP contribution in [-0.2, 0) is 18.9 Å². The van der Waals surface area contributed by atoms with Crippen LogP contribution in [0.25, 0.3) is 0 Å². The Balaban J connectivity index is 1.25. The number of hydrogen-bond acceptors (Lipinski definition) is 4. The monoisotopic (exact) mass is 384 g/mol. The van der Waals surface area contributed by atoms with Crippen molar-refractivity contribution in [1.82, 2.24) is 0 Å². The van der Waals surface area contributed by atoms with Crippen LogP contribution in [0.15, 0.2) is 35.3 Å². The Kier molecular flexibility index (Phi) is 4.00. The molecular formula is C24H32O4. The average molecular weight is 385 g/mol. The van der Waals surface area contributed by atoms with E-state index < -0.39 is 0 Å². The maximum Gasteiger partial charge on any atom is 0.172 e. The maximum atomic E-state index is 6.03. The highest BCUT2D eigenvalue weighted by Gasteiger charge is 2.55. The lowest BCUT2D eigenvalue weighted by Gasteiger charge is -2.54. The highest BCUT2D eigenvalue weighted by atomic mass is 16.7. The summed E-state index contributed by atoms with van der Waals surface area (Å²) in [6, 6.07) is 0. The Morgan fingerprint density at radius 3 is 2.64 bits per heavy atom. The topological polar surface area (TPSA) is 36.9 Å². The van der Waals surface area contributed by atoms with Gasteiger partial charge >= 0.3 is 0 Å². The van der Waals surface area contributed by atoms with Crippen LogP contribution in [-0.4, -0.2) is 32.2 Å². The van der Waals surface area contributed by atoms with Crippen molar-refractivity contribution in [1.29, 1.82) is 0 Å². The highest BCUT2D eigenvalue weighted by Crippen LogP contribution is 2.63. The van der Waals surface area contributed by atoms with Crippen molar-refractivity contribution in [2.75, 3.05) is 26.4 Å². The highest BCUT2D eigenvalue weighted by molar-refractivity contribution is 5.38. The zero-order chi connectivity index (χ0) is 18.8. The molecule has 4 heteroatoms. The Bertz CT molecular complexity index is 744. The average Bonchev–Trinajstić information content (AvgIpc) is 3.32. The predicted octanol–water partition coefficient (Wildman–Crippen LogP) is 4.73. The van der Waals surface area contributed by atoms with E-state index in [2.05, 4.69) is 19.1 Å².